The number of hydrogen-bond donors (Lipinski definition) is 1. The Balaban J connectivity index is 1.32. The summed E-state index contributed by atoms with van der Waals surface area (Å²) in [5.41, 5.74) is 0.240. The molecule has 2 amide bonds. The Bertz CT molecular complexity index is 864. The first-order valence-electron chi connectivity index (χ1n) is 11.3. The normalized spacial score (nSPS) is 33.4. The van der Waals surface area contributed by atoms with E-state index in [4.69, 9.17) is 16.3 Å². The number of likely N-dealkylation sites (tertiary alicyclic amines) is 1. The molecule has 4 unspecified atom stereocenters. The lowest BCUT2D eigenvalue weighted by Gasteiger charge is -2.27. The second-order valence-electron chi connectivity index (χ2n) is 9.24. The molecule has 5 nitrogen and oxygen atoms in total. The van der Waals surface area contributed by atoms with Crippen molar-refractivity contribution in [2.24, 2.45) is 11.8 Å². The number of carbonyl (C=O) groups is 2. The first-order valence-corrected chi connectivity index (χ1v) is 11.6. The zero-order chi connectivity index (χ0) is 20.7. The first kappa shape index (κ1) is 20.1. The Labute approximate surface area is 182 Å². The number of rotatable bonds is 4. The third-order valence-electron chi connectivity index (χ3n) is 7.25. The van der Waals surface area contributed by atoms with Gasteiger partial charge >= 0.3 is 0 Å². The van der Waals surface area contributed by atoms with E-state index in [2.05, 4.69) is 5.32 Å². The molecular formula is C24H29ClN2O3. The van der Waals surface area contributed by atoms with Gasteiger partial charge in [-0.3, -0.25) is 9.59 Å². The summed E-state index contributed by atoms with van der Waals surface area (Å²) in [6.45, 7) is 0.914. The average molecular weight is 429 g/mol. The molecule has 5 rings (SSSR count). The van der Waals surface area contributed by atoms with E-state index in [-0.39, 0.29) is 24.0 Å². The lowest BCUT2D eigenvalue weighted by atomic mass is 9.76. The van der Waals surface area contributed by atoms with E-state index >= 15 is 0 Å². The maximum Gasteiger partial charge on any atom is 0.230 e. The first-order chi connectivity index (χ1) is 14.6. The summed E-state index contributed by atoms with van der Waals surface area (Å²) < 4.78 is 6.25. The average Bonchev–Trinajstić information content (AvgIpc) is 3.34. The van der Waals surface area contributed by atoms with Gasteiger partial charge in [0.05, 0.1) is 24.5 Å². The van der Waals surface area contributed by atoms with Gasteiger partial charge in [-0.15, -0.1) is 0 Å². The Morgan fingerprint density at radius 3 is 2.67 bits per heavy atom. The van der Waals surface area contributed by atoms with Gasteiger partial charge in [-0.25, -0.2) is 0 Å². The molecule has 160 valence electrons. The molecule has 1 N–H and O–H groups in total. The Morgan fingerprint density at radius 1 is 1.17 bits per heavy atom. The van der Waals surface area contributed by atoms with E-state index < -0.39 is 17.4 Å². The highest BCUT2D eigenvalue weighted by Crippen LogP contribution is 2.52. The zero-order valence-corrected chi connectivity index (χ0v) is 17.9. The van der Waals surface area contributed by atoms with Crippen molar-refractivity contribution < 1.29 is 14.3 Å². The fourth-order valence-corrected chi connectivity index (χ4v) is 5.94. The number of benzene rings is 1. The molecule has 1 aromatic rings. The van der Waals surface area contributed by atoms with E-state index in [1.807, 2.05) is 36.4 Å². The maximum atomic E-state index is 13.4. The fourth-order valence-electron chi connectivity index (χ4n) is 5.74. The summed E-state index contributed by atoms with van der Waals surface area (Å²) in [5, 5.41) is 3.92. The second kappa shape index (κ2) is 8.01. The van der Waals surface area contributed by atoms with Gasteiger partial charge in [0.15, 0.2) is 0 Å². The summed E-state index contributed by atoms with van der Waals surface area (Å²) >= 11 is 6.31. The van der Waals surface area contributed by atoms with Crippen molar-refractivity contribution in [3.8, 4) is 0 Å². The van der Waals surface area contributed by atoms with Crippen LogP contribution in [-0.2, 0) is 20.9 Å². The van der Waals surface area contributed by atoms with Crippen LogP contribution >= 0.6 is 11.6 Å². The summed E-state index contributed by atoms with van der Waals surface area (Å²) in [4.78, 5) is 28.5. The van der Waals surface area contributed by atoms with E-state index in [1.54, 1.807) is 4.90 Å². The van der Waals surface area contributed by atoms with Crippen LogP contribution in [0.25, 0.3) is 0 Å². The van der Waals surface area contributed by atoms with Gasteiger partial charge < -0.3 is 15.0 Å². The molecule has 4 aliphatic rings. The Kier molecular flexibility index (Phi) is 5.36. The van der Waals surface area contributed by atoms with Gasteiger partial charge in [0.2, 0.25) is 11.8 Å². The van der Waals surface area contributed by atoms with Gasteiger partial charge in [-0.05, 0) is 24.5 Å². The molecule has 2 saturated heterocycles. The molecule has 0 aromatic heterocycles. The molecule has 2 bridgehead atoms. The van der Waals surface area contributed by atoms with Crippen LogP contribution in [-0.4, -0.2) is 41.0 Å². The van der Waals surface area contributed by atoms with Crippen LogP contribution in [0.15, 0.2) is 36.4 Å². The number of carbonyl (C=O) groups excluding carboxylic acids is 2. The fraction of sp³-hybridized carbons (Fsp3) is 0.583. The van der Waals surface area contributed by atoms with Crippen LogP contribution in [0.2, 0.25) is 5.02 Å². The minimum Gasteiger partial charge on any atom is -0.360 e. The van der Waals surface area contributed by atoms with Gasteiger partial charge in [-0.1, -0.05) is 74.1 Å². The minimum atomic E-state index is -0.675. The van der Waals surface area contributed by atoms with E-state index in [0.717, 1.165) is 31.2 Å². The number of ether oxygens (including phenoxy) is 1. The third kappa shape index (κ3) is 3.46. The molecule has 6 heteroatoms. The second-order valence-corrected chi connectivity index (χ2v) is 9.64. The maximum absolute atomic E-state index is 13.4. The van der Waals surface area contributed by atoms with Crippen LogP contribution < -0.4 is 5.32 Å². The number of nitrogens with one attached hydrogen (secondary N) is 1. The smallest absolute Gasteiger partial charge is 0.230 e. The number of amides is 2. The van der Waals surface area contributed by atoms with Crippen molar-refractivity contribution in [3.63, 3.8) is 0 Å². The molecule has 1 saturated carbocycles. The topological polar surface area (TPSA) is 58.6 Å². The Morgan fingerprint density at radius 2 is 1.90 bits per heavy atom. The van der Waals surface area contributed by atoms with Crippen LogP contribution in [0.5, 0.6) is 0 Å². The van der Waals surface area contributed by atoms with Crippen molar-refractivity contribution >= 4 is 23.4 Å². The van der Waals surface area contributed by atoms with Crippen LogP contribution in [0.4, 0.5) is 0 Å². The van der Waals surface area contributed by atoms with Crippen LogP contribution in [0.3, 0.4) is 0 Å². The van der Waals surface area contributed by atoms with Crippen LogP contribution in [0, 0.1) is 11.8 Å². The quantitative estimate of drug-likeness (QED) is 0.741. The van der Waals surface area contributed by atoms with Gasteiger partial charge in [0, 0.05) is 17.6 Å². The predicted octanol–water partition coefficient (Wildman–Crippen LogP) is 3.85. The number of nitrogens with zero attached hydrogens (tertiary/aromatic N) is 1. The van der Waals surface area contributed by atoms with Crippen molar-refractivity contribution in [1.29, 1.82) is 0 Å². The van der Waals surface area contributed by atoms with Crippen molar-refractivity contribution in [2.45, 2.75) is 69.2 Å². The third-order valence-corrected chi connectivity index (χ3v) is 7.62. The van der Waals surface area contributed by atoms with E-state index in [0.29, 0.717) is 18.1 Å². The summed E-state index contributed by atoms with van der Waals surface area (Å²) in [7, 11) is 0. The van der Waals surface area contributed by atoms with Crippen LogP contribution in [0.1, 0.15) is 50.5 Å². The largest absolute Gasteiger partial charge is 0.360 e. The predicted molar refractivity (Wildman–Crippen MR) is 115 cm³/mol. The number of hydrogen-bond acceptors (Lipinski definition) is 3. The molecule has 1 aliphatic carbocycles. The van der Waals surface area contributed by atoms with Crippen molar-refractivity contribution in [2.75, 3.05) is 6.54 Å². The van der Waals surface area contributed by atoms with Gasteiger partial charge in [0.1, 0.15) is 5.60 Å². The van der Waals surface area contributed by atoms with Crippen molar-refractivity contribution in [1.82, 2.24) is 10.2 Å². The lowest BCUT2D eigenvalue weighted by molar-refractivity contribution is -0.138. The lowest BCUT2D eigenvalue weighted by Crippen LogP contribution is -2.47. The van der Waals surface area contributed by atoms with Crippen molar-refractivity contribution in [3.05, 3.63) is 47.0 Å². The van der Waals surface area contributed by atoms with E-state index in [9.17, 15) is 9.59 Å². The highest BCUT2D eigenvalue weighted by atomic mass is 35.5. The molecular weight excluding hydrogens is 400 g/mol. The minimum absolute atomic E-state index is 0.000383. The molecule has 1 aromatic carbocycles. The monoisotopic (exact) mass is 428 g/mol. The van der Waals surface area contributed by atoms with Gasteiger partial charge in [0.25, 0.3) is 0 Å². The van der Waals surface area contributed by atoms with Gasteiger partial charge in [-0.2, -0.15) is 0 Å². The highest BCUT2D eigenvalue weighted by Gasteiger charge is 2.66. The molecule has 3 heterocycles. The molecule has 30 heavy (non-hydrogen) atoms. The standard InChI is InChI=1S/C24H29ClN2O3/c25-18-11-7-6-8-16(18)14-27-15-24-13-12-19(30-24)20(21(24)23(27)29)22(28)26-17-9-4-2-1-3-5-10-17/h6-8,11-13,17,19-21H,1-5,9-10,14-15H2,(H,26,28). The molecule has 4 atom stereocenters. The number of fused-ring (bicyclic) bond motifs is 1. The zero-order valence-electron chi connectivity index (χ0n) is 17.2. The summed E-state index contributed by atoms with van der Waals surface area (Å²) in [6, 6.07) is 7.80. The summed E-state index contributed by atoms with van der Waals surface area (Å²) in [6.07, 6.45) is 11.8. The Hall–Kier alpha value is -1.85. The number of halogens is 1. The molecule has 3 fully saturated rings. The molecule has 0 radical (unpaired) electrons. The molecule has 3 aliphatic heterocycles. The summed E-state index contributed by atoms with van der Waals surface area (Å²) in [5.74, 6) is -0.901. The molecule has 1 spiro atoms. The highest BCUT2D eigenvalue weighted by molar-refractivity contribution is 6.31. The van der Waals surface area contributed by atoms with E-state index in [1.165, 1.54) is 19.3 Å². The SMILES string of the molecule is O=C(NC1CCCCCCC1)C1C2C=CC3(CN(Cc4ccccc4Cl)C(=O)C13)O2.